The van der Waals surface area contributed by atoms with Gasteiger partial charge in [-0.2, -0.15) is 0 Å². The summed E-state index contributed by atoms with van der Waals surface area (Å²) in [5, 5.41) is 3.34. The van der Waals surface area contributed by atoms with Gasteiger partial charge in [-0.05, 0) is 36.8 Å². The van der Waals surface area contributed by atoms with E-state index in [9.17, 15) is 0 Å². The van der Waals surface area contributed by atoms with Gasteiger partial charge in [0, 0.05) is 12.2 Å². The van der Waals surface area contributed by atoms with Crippen LogP contribution >= 0.6 is 0 Å². The van der Waals surface area contributed by atoms with Crippen molar-refractivity contribution in [3.63, 3.8) is 0 Å². The first-order valence-corrected chi connectivity index (χ1v) is 6.58. The average molecular weight is 255 g/mol. The Bertz CT molecular complexity index is 655. The second-order valence-corrected chi connectivity index (χ2v) is 4.57. The molecule has 1 N–H and O–H groups in total. The molecule has 0 spiro atoms. The van der Waals surface area contributed by atoms with Gasteiger partial charge in [-0.1, -0.05) is 6.92 Å². The smallest absolute Gasteiger partial charge is 0.122 e. The van der Waals surface area contributed by atoms with Crippen LogP contribution in [0.4, 0.5) is 5.69 Å². The maximum absolute atomic E-state index is 5.30. The van der Waals surface area contributed by atoms with Crippen LogP contribution in [0, 0.1) is 0 Å². The van der Waals surface area contributed by atoms with Crippen LogP contribution in [0.1, 0.15) is 19.1 Å². The predicted molar refractivity (Wildman–Crippen MR) is 76.1 cm³/mol. The molecule has 0 bridgehead atoms. The molecule has 0 atom stereocenters. The largest absolute Gasteiger partial charge is 0.467 e. The van der Waals surface area contributed by atoms with Crippen molar-refractivity contribution in [2.24, 2.45) is 0 Å². The van der Waals surface area contributed by atoms with Gasteiger partial charge in [-0.15, -0.1) is 0 Å². The summed E-state index contributed by atoms with van der Waals surface area (Å²) in [5.41, 5.74) is 3.27. The highest BCUT2D eigenvalue weighted by atomic mass is 16.3. The second-order valence-electron chi connectivity index (χ2n) is 4.57. The fourth-order valence-corrected chi connectivity index (χ4v) is 2.20. The normalized spacial score (nSPS) is 11.0. The van der Waals surface area contributed by atoms with E-state index in [4.69, 9.17) is 4.42 Å². The quantitative estimate of drug-likeness (QED) is 0.756. The van der Waals surface area contributed by atoms with Gasteiger partial charge in [0.1, 0.15) is 5.76 Å². The number of benzene rings is 1. The summed E-state index contributed by atoms with van der Waals surface area (Å²) in [6, 6.07) is 10.1. The van der Waals surface area contributed by atoms with Crippen molar-refractivity contribution in [3.05, 3.63) is 48.7 Å². The average Bonchev–Trinajstić information content (AvgIpc) is 3.06. The number of fused-ring (bicyclic) bond motifs is 1. The maximum Gasteiger partial charge on any atom is 0.122 e. The number of nitrogens with one attached hydrogen (secondary N) is 1. The molecular formula is C15H17N3O. The number of rotatable bonds is 5. The van der Waals surface area contributed by atoms with Gasteiger partial charge in [-0.25, -0.2) is 4.98 Å². The number of imidazole rings is 1. The summed E-state index contributed by atoms with van der Waals surface area (Å²) in [6.45, 7) is 3.87. The van der Waals surface area contributed by atoms with Crippen molar-refractivity contribution in [1.82, 2.24) is 9.55 Å². The van der Waals surface area contributed by atoms with Crippen LogP contribution in [-0.2, 0) is 13.1 Å². The highest BCUT2D eigenvalue weighted by Crippen LogP contribution is 2.19. The molecule has 2 heterocycles. The van der Waals surface area contributed by atoms with E-state index in [1.54, 1.807) is 6.26 Å². The monoisotopic (exact) mass is 255 g/mol. The zero-order chi connectivity index (χ0) is 13.1. The lowest BCUT2D eigenvalue weighted by molar-refractivity contribution is 0.518. The first kappa shape index (κ1) is 11.8. The molecule has 0 aliphatic rings. The van der Waals surface area contributed by atoms with E-state index in [0.717, 1.165) is 29.9 Å². The van der Waals surface area contributed by atoms with Crippen molar-refractivity contribution in [1.29, 1.82) is 0 Å². The Morgan fingerprint density at radius 2 is 2.26 bits per heavy atom. The maximum atomic E-state index is 5.30. The standard InChI is InChI=1S/C15H17N3O/c1-2-7-18-11-17-14-9-12(5-6-15(14)18)16-10-13-4-3-8-19-13/h3-6,8-9,11,16H,2,7,10H2,1H3. The number of hydrogen-bond donors (Lipinski definition) is 1. The lowest BCUT2D eigenvalue weighted by Crippen LogP contribution is -1.98. The molecule has 0 fully saturated rings. The Morgan fingerprint density at radius 1 is 1.32 bits per heavy atom. The topological polar surface area (TPSA) is 43.0 Å². The Hall–Kier alpha value is -2.23. The van der Waals surface area contributed by atoms with E-state index in [-0.39, 0.29) is 0 Å². The van der Waals surface area contributed by atoms with E-state index in [0.29, 0.717) is 6.54 Å². The minimum Gasteiger partial charge on any atom is -0.467 e. The third kappa shape index (κ3) is 2.47. The van der Waals surface area contributed by atoms with Crippen LogP contribution in [-0.4, -0.2) is 9.55 Å². The number of nitrogens with zero attached hydrogens (tertiary/aromatic N) is 2. The fourth-order valence-electron chi connectivity index (χ4n) is 2.20. The molecule has 0 amide bonds. The zero-order valence-corrected chi connectivity index (χ0v) is 11.0. The summed E-state index contributed by atoms with van der Waals surface area (Å²) < 4.78 is 7.48. The highest BCUT2D eigenvalue weighted by molar-refractivity contribution is 5.79. The van der Waals surface area contributed by atoms with Crippen molar-refractivity contribution in [3.8, 4) is 0 Å². The van der Waals surface area contributed by atoms with Crippen LogP contribution in [0.2, 0.25) is 0 Å². The Labute approximate surface area is 112 Å². The minimum absolute atomic E-state index is 0.689. The number of anilines is 1. The molecule has 0 saturated heterocycles. The van der Waals surface area contributed by atoms with Gasteiger partial charge in [0.2, 0.25) is 0 Å². The van der Waals surface area contributed by atoms with Crippen LogP contribution in [0.5, 0.6) is 0 Å². The lowest BCUT2D eigenvalue weighted by atomic mass is 10.2. The summed E-state index contributed by atoms with van der Waals surface area (Å²) in [5.74, 6) is 0.927. The molecule has 98 valence electrons. The number of aryl methyl sites for hydroxylation is 1. The molecule has 4 heteroatoms. The van der Waals surface area contributed by atoms with Gasteiger partial charge in [0.05, 0.1) is 30.2 Å². The summed E-state index contributed by atoms with van der Waals surface area (Å²) in [6.07, 6.45) is 4.71. The number of furan rings is 1. The first-order valence-electron chi connectivity index (χ1n) is 6.58. The SMILES string of the molecule is CCCn1cnc2cc(NCc3ccco3)ccc21. The molecule has 3 aromatic rings. The van der Waals surface area contributed by atoms with Crippen molar-refractivity contribution in [2.45, 2.75) is 26.4 Å². The predicted octanol–water partition coefficient (Wildman–Crippen LogP) is 3.65. The molecule has 0 radical (unpaired) electrons. The number of hydrogen-bond acceptors (Lipinski definition) is 3. The molecule has 0 aliphatic carbocycles. The van der Waals surface area contributed by atoms with Crippen LogP contribution < -0.4 is 5.32 Å². The fraction of sp³-hybridized carbons (Fsp3) is 0.267. The Morgan fingerprint density at radius 3 is 3.05 bits per heavy atom. The highest BCUT2D eigenvalue weighted by Gasteiger charge is 2.03. The van der Waals surface area contributed by atoms with Crippen molar-refractivity contribution < 1.29 is 4.42 Å². The third-order valence-corrected chi connectivity index (χ3v) is 3.13. The second kappa shape index (κ2) is 5.18. The van der Waals surface area contributed by atoms with E-state index < -0.39 is 0 Å². The van der Waals surface area contributed by atoms with Gasteiger partial charge in [0.25, 0.3) is 0 Å². The minimum atomic E-state index is 0.689. The van der Waals surface area contributed by atoms with E-state index in [2.05, 4.69) is 40.0 Å². The van der Waals surface area contributed by atoms with E-state index >= 15 is 0 Å². The van der Waals surface area contributed by atoms with Crippen molar-refractivity contribution >= 4 is 16.7 Å². The molecule has 4 nitrogen and oxygen atoms in total. The van der Waals surface area contributed by atoms with Gasteiger partial charge in [-0.3, -0.25) is 0 Å². The van der Waals surface area contributed by atoms with Crippen molar-refractivity contribution in [2.75, 3.05) is 5.32 Å². The van der Waals surface area contributed by atoms with Crippen LogP contribution in [0.3, 0.4) is 0 Å². The third-order valence-electron chi connectivity index (χ3n) is 3.13. The Kier molecular flexibility index (Phi) is 3.23. The first-order chi connectivity index (χ1) is 9.36. The molecule has 0 unspecified atom stereocenters. The summed E-state index contributed by atoms with van der Waals surface area (Å²) in [7, 11) is 0. The zero-order valence-electron chi connectivity index (χ0n) is 11.0. The summed E-state index contributed by atoms with van der Waals surface area (Å²) in [4.78, 5) is 4.44. The molecule has 0 aliphatic heterocycles. The lowest BCUT2D eigenvalue weighted by Gasteiger charge is -2.05. The molecule has 1 aromatic carbocycles. The Balaban J connectivity index is 1.78. The van der Waals surface area contributed by atoms with Gasteiger partial charge < -0.3 is 14.3 Å². The molecular weight excluding hydrogens is 238 g/mol. The van der Waals surface area contributed by atoms with E-state index in [1.807, 2.05) is 18.5 Å². The van der Waals surface area contributed by atoms with E-state index in [1.165, 1.54) is 5.52 Å². The number of aromatic nitrogens is 2. The van der Waals surface area contributed by atoms with Gasteiger partial charge >= 0.3 is 0 Å². The van der Waals surface area contributed by atoms with Crippen LogP contribution in [0.15, 0.2) is 47.3 Å². The molecule has 2 aromatic heterocycles. The molecule has 19 heavy (non-hydrogen) atoms. The summed E-state index contributed by atoms with van der Waals surface area (Å²) >= 11 is 0. The van der Waals surface area contributed by atoms with Crippen LogP contribution in [0.25, 0.3) is 11.0 Å². The molecule has 0 saturated carbocycles. The van der Waals surface area contributed by atoms with Gasteiger partial charge in [0.15, 0.2) is 0 Å². The molecule has 3 rings (SSSR count).